The fourth-order valence-corrected chi connectivity index (χ4v) is 1.82. The minimum absolute atomic E-state index is 0.0393. The molecular formula is C12H22N2O3. The molecule has 1 rings (SSSR count). The zero-order valence-corrected chi connectivity index (χ0v) is 10.8. The van der Waals surface area contributed by atoms with Gasteiger partial charge >= 0.3 is 12.0 Å². The zero-order chi connectivity index (χ0) is 13.1. The van der Waals surface area contributed by atoms with Crippen LogP contribution in [0.3, 0.4) is 0 Å². The molecule has 0 aromatic heterocycles. The number of likely N-dealkylation sites (tertiary alicyclic amines) is 1. The summed E-state index contributed by atoms with van der Waals surface area (Å²) < 4.78 is 0. The third-order valence-corrected chi connectivity index (χ3v) is 2.83. The molecule has 1 aliphatic heterocycles. The molecule has 1 atom stereocenters. The number of carbonyl (C=O) groups is 2. The van der Waals surface area contributed by atoms with Crippen LogP contribution in [0.25, 0.3) is 0 Å². The quantitative estimate of drug-likeness (QED) is 0.771. The molecule has 0 saturated carbocycles. The van der Waals surface area contributed by atoms with E-state index in [4.69, 9.17) is 5.11 Å². The number of nitrogens with zero attached hydrogens (tertiary/aromatic N) is 1. The highest BCUT2D eigenvalue weighted by molar-refractivity contribution is 5.76. The van der Waals surface area contributed by atoms with Crippen molar-refractivity contribution in [2.24, 2.45) is 11.3 Å². The third-order valence-electron chi connectivity index (χ3n) is 2.83. The predicted octanol–water partition coefficient (Wildman–Crippen LogP) is 1.54. The van der Waals surface area contributed by atoms with Crippen LogP contribution in [0, 0.1) is 11.3 Å². The monoisotopic (exact) mass is 242 g/mol. The first-order valence-corrected chi connectivity index (χ1v) is 6.05. The lowest BCUT2D eigenvalue weighted by molar-refractivity contribution is -0.143. The number of urea groups is 1. The second-order valence-electron chi connectivity index (χ2n) is 5.84. The van der Waals surface area contributed by atoms with Gasteiger partial charge in [0.1, 0.15) is 0 Å². The van der Waals surface area contributed by atoms with Crippen LogP contribution in [0.15, 0.2) is 0 Å². The molecule has 5 nitrogen and oxygen atoms in total. The first kappa shape index (κ1) is 13.8. The van der Waals surface area contributed by atoms with Crippen molar-refractivity contribution in [3.05, 3.63) is 0 Å². The second-order valence-corrected chi connectivity index (χ2v) is 5.84. The Morgan fingerprint density at radius 3 is 2.59 bits per heavy atom. The van der Waals surface area contributed by atoms with Gasteiger partial charge in [0, 0.05) is 19.6 Å². The van der Waals surface area contributed by atoms with E-state index in [1.54, 1.807) is 4.90 Å². The van der Waals surface area contributed by atoms with Crippen molar-refractivity contribution in [1.82, 2.24) is 10.2 Å². The molecule has 0 radical (unpaired) electrons. The summed E-state index contributed by atoms with van der Waals surface area (Å²) in [6.07, 6.45) is 1.43. The Morgan fingerprint density at radius 2 is 2.06 bits per heavy atom. The summed E-state index contributed by atoms with van der Waals surface area (Å²) in [5.74, 6) is -1.22. The molecule has 0 aliphatic carbocycles. The van der Waals surface area contributed by atoms with Crippen molar-refractivity contribution in [3.63, 3.8) is 0 Å². The number of amides is 2. The van der Waals surface area contributed by atoms with Crippen LogP contribution in [0.2, 0.25) is 0 Å². The lowest BCUT2D eigenvalue weighted by Gasteiger charge is -2.31. The molecule has 1 saturated heterocycles. The highest BCUT2D eigenvalue weighted by Crippen LogP contribution is 2.17. The molecular weight excluding hydrogens is 220 g/mol. The second kappa shape index (κ2) is 5.38. The topological polar surface area (TPSA) is 69.6 Å². The maximum absolute atomic E-state index is 11.8. The molecule has 2 N–H and O–H groups in total. The number of piperidine rings is 1. The zero-order valence-electron chi connectivity index (χ0n) is 10.8. The molecule has 0 bridgehead atoms. The number of hydrogen-bond donors (Lipinski definition) is 2. The van der Waals surface area contributed by atoms with Gasteiger partial charge in [-0.3, -0.25) is 4.79 Å². The Bertz CT molecular complexity index is 297. The molecule has 98 valence electrons. The maximum atomic E-state index is 11.8. The number of nitrogens with one attached hydrogen (secondary N) is 1. The highest BCUT2D eigenvalue weighted by atomic mass is 16.4. The van der Waals surface area contributed by atoms with Crippen LogP contribution in [0.4, 0.5) is 4.79 Å². The van der Waals surface area contributed by atoms with Gasteiger partial charge in [0.25, 0.3) is 0 Å². The van der Waals surface area contributed by atoms with Crippen LogP contribution in [0.1, 0.15) is 33.6 Å². The molecule has 1 aliphatic rings. The summed E-state index contributed by atoms with van der Waals surface area (Å²) in [7, 11) is 0. The van der Waals surface area contributed by atoms with Crippen LogP contribution < -0.4 is 5.32 Å². The van der Waals surface area contributed by atoms with Crippen LogP contribution in [0.5, 0.6) is 0 Å². The Balaban J connectivity index is 2.44. The molecule has 2 amide bonds. The Kier molecular flexibility index (Phi) is 4.37. The Labute approximate surface area is 102 Å². The molecule has 0 unspecified atom stereocenters. The van der Waals surface area contributed by atoms with E-state index in [2.05, 4.69) is 5.32 Å². The SMILES string of the molecule is CC(C)(C)CNC(=O)N1CCC[C@@H](C(=O)O)C1. The van der Waals surface area contributed by atoms with Gasteiger partial charge in [-0.15, -0.1) is 0 Å². The largest absolute Gasteiger partial charge is 0.481 e. The van der Waals surface area contributed by atoms with E-state index in [0.717, 1.165) is 6.42 Å². The van der Waals surface area contributed by atoms with E-state index in [9.17, 15) is 9.59 Å². The minimum atomic E-state index is -0.807. The molecule has 17 heavy (non-hydrogen) atoms. The van der Waals surface area contributed by atoms with Gasteiger partial charge < -0.3 is 15.3 Å². The van der Waals surface area contributed by atoms with Gasteiger partial charge in [0.05, 0.1) is 5.92 Å². The number of hydrogen-bond acceptors (Lipinski definition) is 2. The number of rotatable bonds is 2. The smallest absolute Gasteiger partial charge is 0.317 e. The normalized spacial score (nSPS) is 21.1. The average molecular weight is 242 g/mol. The number of carbonyl (C=O) groups excluding carboxylic acids is 1. The van der Waals surface area contributed by atoms with Crippen LogP contribution >= 0.6 is 0 Å². The van der Waals surface area contributed by atoms with Gasteiger partial charge in [-0.2, -0.15) is 0 Å². The fourth-order valence-electron chi connectivity index (χ4n) is 1.82. The highest BCUT2D eigenvalue weighted by Gasteiger charge is 2.28. The van der Waals surface area contributed by atoms with Crippen molar-refractivity contribution in [2.45, 2.75) is 33.6 Å². The van der Waals surface area contributed by atoms with Crippen molar-refractivity contribution in [1.29, 1.82) is 0 Å². The van der Waals surface area contributed by atoms with Gasteiger partial charge in [0.15, 0.2) is 0 Å². The van der Waals surface area contributed by atoms with Crippen LogP contribution in [-0.4, -0.2) is 41.6 Å². The van der Waals surface area contributed by atoms with Crippen molar-refractivity contribution in [3.8, 4) is 0 Å². The lowest BCUT2D eigenvalue weighted by atomic mass is 9.97. The van der Waals surface area contributed by atoms with E-state index in [1.165, 1.54) is 0 Å². The first-order chi connectivity index (χ1) is 7.79. The third kappa shape index (κ3) is 4.63. The van der Waals surface area contributed by atoms with E-state index < -0.39 is 11.9 Å². The van der Waals surface area contributed by atoms with E-state index in [1.807, 2.05) is 20.8 Å². The summed E-state index contributed by atoms with van der Waals surface area (Å²) in [4.78, 5) is 24.3. The first-order valence-electron chi connectivity index (χ1n) is 6.05. The van der Waals surface area contributed by atoms with Gasteiger partial charge in [-0.05, 0) is 18.3 Å². The van der Waals surface area contributed by atoms with E-state index in [0.29, 0.717) is 26.1 Å². The molecule has 0 aromatic carbocycles. The van der Waals surface area contributed by atoms with E-state index >= 15 is 0 Å². The molecule has 1 heterocycles. The van der Waals surface area contributed by atoms with Gasteiger partial charge in [-0.25, -0.2) is 4.79 Å². The minimum Gasteiger partial charge on any atom is -0.481 e. The molecule has 0 spiro atoms. The van der Waals surface area contributed by atoms with Crippen molar-refractivity contribution >= 4 is 12.0 Å². The summed E-state index contributed by atoms with van der Waals surface area (Å²) in [6.45, 7) is 7.71. The lowest BCUT2D eigenvalue weighted by Crippen LogP contribution is -2.48. The maximum Gasteiger partial charge on any atom is 0.317 e. The summed E-state index contributed by atoms with van der Waals surface area (Å²) in [6, 6.07) is -0.147. The number of aliphatic carboxylic acids is 1. The fraction of sp³-hybridized carbons (Fsp3) is 0.833. The standard InChI is InChI=1S/C12H22N2O3/c1-12(2,3)8-13-11(17)14-6-4-5-9(7-14)10(15)16/h9H,4-8H2,1-3H3,(H,13,17)(H,15,16)/t9-/m1/s1. The van der Waals surface area contributed by atoms with Crippen LogP contribution in [-0.2, 0) is 4.79 Å². The summed E-state index contributed by atoms with van der Waals surface area (Å²) >= 11 is 0. The van der Waals surface area contributed by atoms with E-state index in [-0.39, 0.29) is 11.4 Å². The number of carboxylic acids is 1. The predicted molar refractivity (Wildman–Crippen MR) is 64.8 cm³/mol. The Morgan fingerprint density at radius 1 is 1.41 bits per heavy atom. The van der Waals surface area contributed by atoms with Gasteiger partial charge in [-0.1, -0.05) is 20.8 Å². The van der Waals surface area contributed by atoms with Gasteiger partial charge in [0.2, 0.25) is 0 Å². The van der Waals surface area contributed by atoms with Crippen molar-refractivity contribution < 1.29 is 14.7 Å². The molecule has 5 heteroatoms. The summed E-state index contributed by atoms with van der Waals surface area (Å²) in [5, 5.41) is 11.8. The number of carboxylic acid groups (broad SMARTS) is 1. The van der Waals surface area contributed by atoms with Crippen molar-refractivity contribution in [2.75, 3.05) is 19.6 Å². The molecule has 0 aromatic rings. The summed E-state index contributed by atoms with van der Waals surface area (Å²) in [5.41, 5.74) is 0.0393. The average Bonchev–Trinajstić information content (AvgIpc) is 2.25. The molecule has 1 fully saturated rings. The Hall–Kier alpha value is -1.26.